The number of furan rings is 1. The third-order valence-corrected chi connectivity index (χ3v) is 5.43. The highest BCUT2D eigenvalue weighted by molar-refractivity contribution is 5.95. The van der Waals surface area contributed by atoms with E-state index >= 15 is 0 Å². The van der Waals surface area contributed by atoms with Gasteiger partial charge in [-0.05, 0) is 44.6 Å². The van der Waals surface area contributed by atoms with Gasteiger partial charge in [0.25, 0.3) is 5.91 Å². The average molecular weight is 326 g/mol. The monoisotopic (exact) mass is 326 g/mol. The van der Waals surface area contributed by atoms with Crippen LogP contribution in [-0.4, -0.2) is 38.7 Å². The summed E-state index contributed by atoms with van der Waals surface area (Å²) in [5.74, 6) is 3.13. The molecule has 2 aromatic rings. The lowest BCUT2D eigenvalue weighted by molar-refractivity contribution is 0.0670. The molecule has 0 N–H and O–H groups in total. The number of hydrogen-bond donors (Lipinski definition) is 0. The summed E-state index contributed by atoms with van der Waals surface area (Å²) >= 11 is 0. The summed E-state index contributed by atoms with van der Waals surface area (Å²) in [6.45, 7) is 1.52. The molecule has 2 aromatic heterocycles. The van der Waals surface area contributed by atoms with E-state index in [2.05, 4.69) is 10.1 Å². The van der Waals surface area contributed by atoms with Crippen LogP contribution in [0.15, 0.2) is 23.1 Å². The molecule has 24 heavy (non-hydrogen) atoms. The molecular weight excluding hydrogens is 304 g/mol. The fourth-order valence-corrected chi connectivity index (χ4v) is 3.74. The molecule has 0 spiro atoms. The molecule has 126 valence electrons. The first-order chi connectivity index (χ1) is 11.8. The first-order valence-corrected chi connectivity index (χ1v) is 9.06. The lowest BCUT2D eigenvalue weighted by Gasteiger charge is -2.32. The number of rotatable bonds is 4. The first-order valence-electron chi connectivity index (χ1n) is 9.06. The highest BCUT2D eigenvalue weighted by Gasteiger charge is 2.37. The highest BCUT2D eigenvalue weighted by Crippen LogP contribution is 2.47. The van der Waals surface area contributed by atoms with Crippen LogP contribution in [0.1, 0.15) is 78.3 Å². The number of carbonyl (C=O) groups is 1. The maximum absolute atomic E-state index is 13.1. The van der Waals surface area contributed by atoms with Gasteiger partial charge in [0.2, 0.25) is 0 Å². The van der Waals surface area contributed by atoms with Crippen LogP contribution in [0.25, 0.3) is 0 Å². The van der Waals surface area contributed by atoms with Gasteiger partial charge in [-0.1, -0.05) is 0 Å². The van der Waals surface area contributed by atoms with Crippen LogP contribution in [0.4, 0.5) is 0 Å². The molecule has 3 fully saturated rings. The van der Waals surface area contributed by atoms with Gasteiger partial charge in [-0.3, -0.25) is 4.79 Å². The van der Waals surface area contributed by atoms with Crippen molar-refractivity contribution in [1.82, 2.24) is 19.7 Å². The van der Waals surface area contributed by atoms with Crippen LogP contribution in [0.2, 0.25) is 0 Å². The van der Waals surface area contributed by atoms with E-state index in [-0.39, 0.29) is 11.9 Å². The van der Waals surface area contributed by atoms with E-state index in [1.165, 1.54) is 12.8 Å². The van der Waals surface area contributed by atoms with E-state index in [4.69, 9.17) is 4.42 Å². The van der Waals surface area contributed by atoms with Crippen LogP contribution in [0, 0.1) is 0 Å². The molecule has 5 rings (SSSR count). The molecule has 3 aliphatic rings. The molecule has 0 aromatic carbocycles. The molecule has 2 saturated carbocycles. The fourth-order valence-electron chi connectivity index (χ4n) is 3.74. The normalized spacial score (nSPS) is 24.3. The van der Waals surface area contributed by atoms with Gasteiger partial charge in [0.1, 0.15) is 24.2 Å². The third-order valence-electron chi connectivity index (χ3n) is 5.43. The number of carbonyl (C=O) groups excluding carboxylic acids is 1. The van der Waals surface area contributed by atoms with Crippen LogP contribution in [0.5, 0.6) is 0 Å². The predicted octanol–water partition coefficient (Wildman–Crippen LogP) is 3.10. The van der Waals surface area contributed by atoms with E-state index < -0.39 is 0 Å². The minimum Gasteiger partial charge on any atom is -0.465 e. The Morgan fingerprint density at radius 3 is 2.71 bits per heavy atom. The van der Waals surface area contributed by atoms with Crippen LogP contribution >= 0.6 is 0 Å². The summed E-state index contributed by atoms with van der Waals surface area (Å²) in [6.07, 6.45) is 10.1. The van der Waals surface area contributed by atoms with E-state index in [0.717, 1.165) is 49.3 Å². The number of nitrogens with zero attached hydrogens (tertiary/aromatic N) is 4. The second-order valence-corrected chi connectivity index (χ2v) is 7.40. The smallest absolute Gasteiger partial charge is 0.257 e. The Bertz CT molecular complexity index is 743. The van der Waals surface area contributed by atoms with Crippen molar-refractivity contribution in [3.8, 4) is 0 Å². The van der Waals surface area contributed by atoms with Crippen molar-refractivity contribution in [2.45, 2.75) is 56.4 Å². The highest BCUT2D eigenvalue weighted by atomic mass is 16.3. The summed E-state index contributed by atoms with van der Waals surface area (Å²) in [7, 11) is 0. The van der Waals surface area contributed by atoms with E-state index in [0.29, 0.717) is 18.4 Å². The van der Waals surface area contributed by atoms with Crippen molar-refractivity contribution < 1.29 is 9.21 Å². The fraction of sp³-hybridized carbons (Fsp3) is 0.611. The van der Waals surface area contributed by atoms with Crippen molar-refractivity contribution >= 4 is 5.91 Å². The summed E-state index contributed by atoms with van der Waals surface area (Å²) in [6, 6.07) is 2.26. The molecule has 6 heteroatoms. The largest absolute Gasteiger partial charge is 0.465 e. The van der Waals surface area contributed by atoms with Gasteiger partial charge in [0, 0.05) is 24.9 Å². The molecule has 2 aliphatic carbocycles. The van der Waals surface area contributed by atoms with Crippen LogP contribution in [-0.2, 0) is 0 Å². The Morgan fingerprint density at radius 1 is 1.17 bits per heavy atom. The van der Waals surface area contributed by atoms with E-state index in [9.17, 15) is 4.79 Å². The molecule has 1 atom stereocenters. The lowest BCUT2D eigenvalue weighted by Crippen LogP contribution is -2.41. The zero-order chi connectivity index (χ0) is 16.1. The number of likely N-dealkylation sites (tertiary alicyclic amines) is 1. The molecule has 1 unspecified atom stereocenters. The van der Waals surface area contributed by atoms with Crippen molar-refractivity contribution in [2.75, 3.05) is 13.1 Å². The molecule has 1 saturated heterocycles. The topological polar surface area (TPSA) is 64.2 Å². The summed E-state index contributed by atoms with van der Waals surface area (Å²) in [5.41, 5.74) is 0.818. The molecule has 3 heterocycles. The minimum atomic E-state index is 0.136. The lowest BCUT2D eigenvalue weighted by atomic mass is 10.0. The minimum absolute atomic E-state index is 0.136. The molecule has 0 bridgehead atoms. The quantitative estimate of drug-likeness (QED) is 0.866. The zero-order valence-electron chi connectivity index (χ0n) is 13.7. The predicted molar refractivity (Wildman–Crippen MR) is 86.9 cm³/mol. The number of hydrogen-bond acceptors (Lipinski definition) is 4. The summed E-state index contributed by atoms with van der Waals surface area (Å²) in [5, 5.41) is 4.25. The second kappa shape index (κ2) is 5.46. The maximum atomic E-state index is 13.1. The van der Waals surface area contributed by atoms with Crippen LogP contribution in [0.3, 0.4) is 0 Å². The average Bonchev–Trinajstić information content (AvgIpc) is 3.55. The van der Waals surface area contributed by atoms with Crippen molar-refractivity contribution in [2.24, 2.45) is 0 Å². The molecule has 0 radical (unpaired) electrons. The standard InChI is InChI=1S/C18H22N4O2/c23-18(21-7-1-2-14(9-21)22-11-19-10-20-22)15-8-16(12-3-4-12)24-17(15)13-5-6-13/h8,10-14H,1-7,9H2. The van der Waals surface area contributed by atoms with Gasteiger partial charge in [-0.2, -0.15) is 5.10 Å². The first kappa shape index (κ1) is 14.3. The molecule has 1 aliphatic heterocycles. The molecular formula is C18H22N4O2. The van der Waals surface area contributed by atoms with Crippen molar-refractivity contribution in [1.29, 1.82) is 0 Å². The number of piperidine rings is 1. The van der Waals surface area contributed by atoms with Gasteiger partial charge < -0.3 is 9.32 Å². The van der Waals surface area contributed by atoms with Gasteiger partial charge in [-0.15, -0.1) is 0 Å². The van der Waals surface area contributed by atoms with Gasteiger partial charge in [-0.25, -0.2) is 9.67 Å². The molecule has 1 amide bonds. The van der Waals surface area contributed by atoms with Crippen molar-refractivity contribution in [3.05, 3.63) is 35.8 Å². The molecule has 6 nitrogen and oxygen atoms in total. The SMILES string of the molecule is O=C(c1cc(C2CC2)oc1C1CC1)N1CCCC(n2cncn2)C1. The second-order valence-electron chi connectivity index (χ2n) is 7.40. The Hall–Kier alpha value is -2.11. The van der Waals surface area contributed by atoms with Crippen molar-refractivity contribution in [3.63, 3.8) is 0 Å². The number of aromatic nitrogens is 3. The zero-order valence-corrected chi connectivity index (χ0v) is 13.7. The van der Waals surface area contributed by atoms with Gasteiger partial charge in [0.05, 0.1) is 11.6 Å². The summed E-state index contributed by atoms with van der Waals surface area (Å²) in [4.78, 5) is 19.2. The van der Waals surface area contributed by atoms with Gasteiger partial charge in [0.15, 0.2) is 0 Å². The van der Waals surface area contributed by atoms with E-state index in [1.54, 1.807) is 12.7 Å². The Morgan fingerprint density at radius 2 is 2.00 bits per heavy atom. The maximum Gasteiger partial charge on any atom is 0.257 e. The van der Waals surface area contributed by atoms with Gasteiger partial charge >= 0.3 is 0 Å². The van der Waals surface area contributed by atoms with E-state index in [1.807, 2.05) is 15.6 Å². The van der Waals surface area contributed by atoms with Crippen LogP contribution < -0.4 is 0 Å². The Kier molecular flexibility index (Phi) is 3.24. The Labute approximate surface area is 140 Å². The Balaban J connectivity index is 1.39. The summed E-state index contributed by atoms with van der Waals surface area (Å²) < 4.78 is 7.98. The third kappa shape index (κ3) is 2.54. The number of amides is 1.